The number of aromatic nitrogens is 3. The van der Waals surface area contributed by atoms with Crippen molar-refractivity contribution in [3.63, 3.8) is 0 Å². The minimum Gasteiger partial charge on any atom is -0.444 e. The summed E-state index contributed by atoms with van der Waals surface area (Å²) < 4.78 is 26.6. The number of anilines is 3. The molecule has 1 aliphatic heterocycles. The highest BCUT2D eigenvalue weighted by atomic mass is 32.1. The largest absolute Gasteiger partial charge is 0.444 e. The van der Waals surface area contributed by atoms with Gasteiger partial charge in [0.2, 0.25) is 11.8 Å². The number of halogens is 1. The fourth-order valence-electron chi connectivity index (χ4n) is 5.24. The molecular weight excluding hydrogens is 591 g/mol. The molecular formula is C34H35FN6O3S. The fourth-order valence-corrected chi connectivity index (χ4v) is 6.06. The van der Waals surface area contributed by atoms with E-state index in [0.717, 1.165) is 32.0 Å². The number of hydrogen-bond acceptors (Lipinski definition) is 9. The van der Waals surface area contributed by atoms with Gasteiger partial charge in [0.05, 0.1) is 17.2 Å². The lowest BCUT2D eigenvalue weighted by Crippen LogP contribution is -2.51. The van der Waals surface area contributed by atoms with Crippen LogP contribution in [0.4, 0.5) is 26.5 Å². The van der Waals surface area contributed by atoms with Gasteiger partial charge in [0.25, 0.3) is 0 Å². The summed E-state index contributed by atoms with van der Waals surface area (Å²) in [6.45, 7) is 7.55. The normalized spacial score (nSPS) is 16.8. The molecule has 1 aliphatic rings. The maximum atomic E-state index is 14.7. The number of thiazole rings is 1. The molecule has 0 aliphatic carbocycles. The first-order valence-electron chi connectivity index (χ1n) is 14.8. The highest BCUT2D eigenvalue weighted by Crippen LogP contribution is 2.41. The van der Waals surface area contributed by atoms with E-state index in [-0.39, 0.29) is 25.6 Å². The number of carbonyl (C=O) groups is 1. The SMILES string of the molecule is Cc1nc(Oc2ccc(Nc3ccccc3)c3ccccc23)c(-c2ccnc(N[C@H]3C[C@H](F)CN(C(=O)OC(C)(C)C)C3)n2)s1. The van der Waals surface area contributed by atoms with Gasteiger partial charge in [-0.2, -0.15) is 0 Å². The molecule has 2 atom stereocenters. The predicted octanol–water partition coefficient (Wildman–Crippen LogP) is 8.36. The standard InChI is InChI=1S/C34H35FN6O3S/c1-21-37-31(43-29-15-14-27(25-12-8-9-13-26(25)29)38-23-10-6-5-7-11-23)30(45-21)28-16-17-36-32(40-28)39-24-18-22(35)19-41(20-24)33(42)44-34(2,3)4/h5-17,22,24,38H,18-20H2,1-4H3,(H,36,39,40)/t22-,24-/m0/s1. The van der Waals surface area contributed by atoms with Gasteiger partial charge in [0.15, 0.2) is 0 Å². The van der Waals surface area contributed by atoms with Gasteiger partial charge in [-0.25, -0.2) is 24.1 Å². The van der Waals surface area contributed by atoms with Crippen LogP contribution in [0, 0.1) is 6.92 Å². The number of aryl methyl sites for hydroxylation is 1. The van der Waals surface area contributed by atoms with Crippen molar-refractivity contribution in [3.8, 4) is 22.2 Å². The summed E-state index contributed by atoms with van der Waals surface area (Å²) in [4.78, 5) is 28.6. The van der Waals surface area contributed by atoms with E-state index in [1.165, 1.54) is 16.2 Å². The van der Waals surface area contributed by atoms with E-state index in [2.05, 4.69) is 26.7 Å². The molecule has 0 spiro atoms. The Morgan fingerprint density at radius 3 is 2.51 bits per heavy atom. The van der Waals surface area contributed by atoms with Crippen LogP contribution in [0.15, 0.2) is 79.0 Å². The summed E-state index contributed by atoms with van der Waals surface area (Å²) >= 11 is 1.47. The minimum absolute atomic E-state index is 0.00713. The Morgan fingerprint density at radius 2 is 1.73 bits per heavy atom. The van der Waals surface area contributed by atoms with Crippen LogP contribution in [-0.4, -0.2) is 56.8 Å². The summed E-state index contributed by atoms with van der Waals surface area (Å²) in [5, 5.41) is 9.49. The number of rotatable bonds is 7. The molecule has 45 heavy (non-hydrogen) atoms. The molecule has 9 nitrogen and oxygen atoms in total. The first kappa shape index (κ1) is 30.3. The average Bonchev–Trinajstić information content (AvgIpc) is 3.37. The Morgan fingerprint density at radius 1 is 0.978 bits per heavy atom. The van der Waals surface area contributed by atoms with Gasteiger partial charge in [0, 0.05) is 47.4 Å². The lowest BCUT2D eigenvalue weighted by atomic mass is 10.0. The van der Waals surface area contributed by atoms with E-state index in [4.69, 9.17) is 14.5 Å². The summed E-state index contributed by atoms with van der Waals surface area (Å²) in [5.41, 5.74) is 1.92. The quantitative estimate of drug-likeness (QED) is 0.186. The summed E-state index contributed by atoms with van der Waals surface area (Å²) in [6, 6.07) is 23.4. The van der Waals surface area contributed by atoms with Crippen LogP contribution in [0.1, 0.15) is 32.2 Å². The second kappa shape index (κ2) is 12.7. The van der Waals surface area contributed by atoms with Crippen molar-refractivity contribution in [3.05, 3.63) is 84.0 Å². The van der Waals surface area contributed by atoms with Crippen molar-refractivity contribution < 1.29 is 18.7 Å². The number of nitrogens with zero attached hydrogens (tertiary/aromatic N) is 4. The van der Waals surface area contributed by atoms with Crippen LogP contribution >= 0.6 is 11.3 Å². The van der Waals surface area contributed by atoms with Gasteiger partial charge in [-0.15, -0.1) is 11.3 Å². The van der Waals surface area contributed by atoms with Gasteiger partial charge in [-0.1, -0.05) is 42.5 Å². The topological polar surface area (TPSA) is 102 Å². The maximum Gasteiger partial charge on any atom is 0.410 e. The predicted molar refractivity (Wildman–Crippen MR) is 176 cm³/mol. The number of hydrogen-bond donors (Lipinski definition) is 2. The number of alkyl halides is 1. The molecule has 3 aromatic carbocycles. The van der Waals surface area contributed by atoms with E-state index in [0.29, 0.717) is 23.3 Å². The number of para-hydroxylation sites is 1. The Bertz CT molecular complexity index is 1810. The van der Waals surface area contributed by atoms with Crippen LogP contribution in [-0.2, 0) is 4.74 Å². The van der Waals surface area contributed by atoms with Crippen molar-refractivity contribution >= 4 is 45.5 Å². The highest BCUT2D eigenvalue weighted by molar-refractivity contribution is 7.15. The Hall–Kier alpha value is -4.77. The number of nitrogens with one attached hydrogen (secondary N) is 2. The zero-order chi connectivity index (χ0) is 31.6. The van der Waals surface area contributed by atoms with E-state index < -0.39 is 17.9 Å². The van der Waals surface area contributed by atoms with Crippen molar-refractivity contribution in [1.29, 1.82) is 0 Å². The van der Waals surface area contributed by atoms with Crippen molar-refractivity contribution in [2.75, 3.05) is 23.7 Å². The van der Waals surface area contributed by atoms with Crippen molar-refractivity contribution in [1.82, 2.24) is 19.9 Å². The van der Waals surface area contributed by atoms with Crippen LogP contribution in [0.3, 0.4) is 0 Å². The van der Waals surface area contributed by atoms with Crippen LogP contribution < -0.4 is 15.4 Å². The number of likely N-dealkylation sites (tertiary alicyclic amines) is 1. The molecule has 1 saturated heterocycles. The molecule has 2 N–H and O–H groups in total. The highest BCUT2D eigenvalue weighted by Gasteiger charge is 2.33. The molecule has 2 aromatic heterocycles. The first-order chi connectivity index (χ1) is 21.6. The van der Waals surface area contributed by atoms with Gasteiger partial charge >= 0.3 is 6.09 Å². The third kappa shape index (κ3) is 7.31. The smallest absolute Gasteiger partial charge is 0.410 e. The van der Waals surface area contributed by atoms with E-state index in [1.54, 1.807) is 33.0 Å². The molecule has 11 heteroatoms. The Balaban J connectivity index is 1.23. The molecule has 0 radical (unpaired) electrons. The Kier molecular flexibility index (Phi) is 8.53. The molecule has 3 heterocycles. The third-order valence-corrected chi connectivity index (χ3v) is 8.09. The molecule has 232 valence electrons. The van der Waals surface area contributed by atoms with Crippen LogP contribution in [0.25, 0.3) is 21.3 Å². The summed E-state index contributed by atoms with van der Waals surface area (Å²) in [6.07, 6.45) is 0.137. The van der Waals surface area contributed by atoms with Gasteiger partial charge in [-0.05, 0) is 58.0 Å². The number of amides is 1. The molecule has 0 bridgehead atoms. The summed E-state index contributed by atoms with van der Waals surface area (Å²) in [7, 11) is 0. The maximum absolute atomic E-state index is 14.7. The van der Waals surface area contributed by atoms with E-state index in [9.17, 15) is 9.18 Å². The van der Waals surface area contributed by atoms with E-state index >= 15 is 0 Å². The van der Waals surface area contributed by atoms with Gasteiger partial charge in [0.1, 0.15) is 22.4 Å². The molecule has 6 rings (SSSR count). The van der Waals surface area contributed by atoms with Crippen LogP contribution in [0.2, 0.25) is 0 Å². The molecule has 5 aromatic rings. The molecule has 0 saturated carbocycles. The van der Waals surface area contributed by atoms with Crippen molar-refractivity contribution in [2.45, 2.75) is 51.9 Å². The lowest BCUT2D eigenvalue weighted by molar-refractivity contribution is 0.0124. The number of fused-ring (bicyclic) bond motifs is 1. The van der Waals surface area contributed by atoms with Gasteiger partial charge in [-0.3, -0.25) is 0 Å². The minimum atomic E-state index is -1.19. The second-order valence-electron chi connectivity index (χ2n) is 11.9. The first-order valence-corrected chi connectivity index (χ1v) is 15.6. The number of benzene rings is 3. The van der Waals surface area contributed by atoms with Gasteiger partial charge < -0.3 is 25.0 Å². The van der Waals surface area contributed by atoms with Crippen LogP contribution in [0.5, 0.6) is 11.6 Å². The lowest BCUT2D eigenvalue weighted by Gasteiger charge is -2.36. The third-order valence-electron chi connectivity index (χ3n) is 7.12. The second-order valence-corrected chi connectivity index (χ2v) is 13.1. The average molecular weight is 627 g/mol. The molecule has 1 amide bonds. The summed E-state index contributed by atoms with van der Waals surface area (Å²) in [5.74, 6) is 1.43. The Labute approximate surface area is 265 Å². The van der Waals surface area contributed by atoms with Crippen molar-refractivity contribution in [2.24, 2.45) is 0 Å². The zero-order valence-electron chi connectivity index (χ0n) is 25.6. The zero-order valence-corrected chi connectivity index (χ0v) is 26.4. The monoisotopic (exact) mass is 626 g/mol. The number of ether oxygens (including phenoxy) is 2. The number of carbonyl (C=O) groups excluding carboxylic acids is 1. The molecule has 0 unspecified atom stereocenters. The molecule has 1 fully saturated rings. The fraction of sp³-hybridized carbons (Fsp3) is 0.294. The number of piperidine rings is 1. The van der Waals surface area contributed by atoms with E-state index in [1.807, 2.05) is 67.6 Å².